The molecule has 0 unspecified atom stereocenters. The Kier molecular flexibility index (Phi) is 5.87. The van der Waals surface area contributed by atoms with Gasteiger partial charge in [0, 0.05) is 45.9 Å². The smallest absolute Gasteiger partial charge is 0.335 e. The summed E-state index contributed by atoms with van der Waals surface area (Å²) in [5, 5.41) is 27.5. The average Bonchev–Trinajstić information content (AvgIpc) is 3.15. The first-order chi connectivity index (χ1) is 16.6. The first-order valence-electron chi connectivity index (χ1n) is 10.9. The summed E-state index contributed by atoms with van der Waals surface area (Å²) in [6, 6.07) is 13.9. The Morgan fingerprint density at radius 1 is 1.29 bits per heavy atom. The molecule has 0 spiro atoms. The van der Waals surface area contributed by atoms with E-state index in [1.54, 1.807) is 37.3 Å². The predicted molar refractivity (Wildman–Crippen MR) is 134 cm³/mol. The zero-order chi connectivity index (χ0) is 25.5. The number of rotatable bonds is 6. The van der Waals surface area contributed by atoms with E-state index in [9.17, 15) is 19.6 Å². The van der Waals surface area contributed by atoms with Crippen LogP contribution >= 0.6 is 0 Å². The zero-order valence-electron chi connectivity index (χ0n) is 19.6. The van der Waals surface area contributed by atoms with E-state index in [0.29, 0.717) is 28.1 Å². The van der Waals surface area contributed by atoms with Crippen molar-refractivity contribution in [2.75, 3.05) is 5.73 Å². The zero-order valence-corrected chi connectivity index (χ0v) is 19.6. The highest BCUT2D eigenvalue weighted by Gasteiger charge is 2.32. The van der Waals surface area contributed by atoms with E-state index in [0.717, 1.165) is 34.6 Å². The van der Waals surface area contributed by atoms with Gasteiger partial charge in [-0.05, 0) is 48.4 Å². The van der Waals surface area contributed by atoms with Crippen LogP contribution in [0, 0.1) is 29.5 Å². The standard InChI is InChI=1S/C27H24FN5O2/c1-15-10-23(32-14-20(15)28)33-22-11-18(13-30)21(31)12-19(22)24(25(33)27(2,3)8-9-29)16-4-6-17(7-5-16)26(34)35/h4-7,10-14,30H,8,31H2,1-3H3,(H,34,35). The molecule has 8 heteroatoms. The summed E-state index contributed by atoms with van der Waals surface area (Å²) in [7, 11) is 0. The van der Waals surface area contributed by atoms with Crippen molar-refractivity contribution in [3.8, 4) is 23.0 Å². The third-order valence-corrected chi connectivity index (χ3v) is 6.17. The number of pyridine rings is 1. The molecule has 0 aliphatic heterocycles. The Morgan fingerprint density at radius 2 is 1.97 bits per heavy atom. The molecule has 0 bridgehead atoms. The molecule has 4 rings (SSSR count). The van der Waals surface area contributed by atoms with Gasteiger partial charge in [-0.2, -0.15) is 5.26 Å². The molecule has 176 valence electrons. The molecule has 4 N–H and O–H groups in total. The summed E-state index contributed by atoms with van der Waals surface area (Å²) < 4.78 is 16.0. The fourth-order valence-electron chi connectivity index (χ4n) is 4.37. The molecule has 0 radical (unpaired) electrons. The Hall–Kier alpha value is -4.51. The number of nitrogens with zero attached hydrogens (tertiary/aromatic N) is 3. The van der Waals surface area contributed by atoms with Crippen LogP contribution < -0.4 is 5.73 Å². The minimum absolute atomic E-state index is 0.150. The number of nitrogen functional groups attached to an aromatic ring is 1. The van der Waals surface area contributed by atoms with Gasteiger partial charge in [-0.3, -0.25) is 4.57 Å². The molecule has 0 saturated heterocycles. The maximum Gasteiger partial charge on any atom is 0.335 e. The van der Waals surface area contributed by atoms with Gasteiger partial charge in [0.15, 0.2) is 0 Å². The molecule has 0 aliphatic carbocycles. The average molecular weight is 470 g/mol. The van der Waals surface area contributed by atoms with Gasteiger partial charge >= 0.3 is 5.97 Å². The second kappa shape index (κ2) is 8.69. The van der Waals surface area contributed by atoms with Crippen LogP contribution in [0.25, 0.3) is 27.8 Å². The number of hydrogen-bond acceptors (Lipinski definition) is 5. The van der Waals surface area contributed by atoms with Gasteiger partial charge in [0.2, 0.25) is 0 Å². The van der Waals surface area contributed by atoms with Crippen LogP contribution in [-0.2, 0) is 5.41 Å². The maximum atomic E-state index is 14.1. The monoisotopic (exact) mass is 469 g/mol. The first kappa shape index (κ1) is 23.6. The number of anilines is 1. The van der Waals surface area contributed by atoms with Crippen LogP contribution in [0.15, 0.2) is 48.7 Å². The maximum absolute atomic E-state index is 14.1. The Labute approximate surface area is 201 Å². The molecule has 2 heterocycles. The number of nitrogens with two attached hydrogens (primary N) is 1. The van der Waals surface area contributed by atoms with Crippen LogP contribution in [0.5, 0.6) is 0 Å². The van der Waals surface area contributed by atoms with Gasteiger partial charge in [-0.25, -0.2) is 14.2 Å². The number of carboxylic acids is 1. The fourth-order valence-corrected chi connectivity index (χ4v) is 4.37. The topological polar surface area (TPSA) is 129 Å². The number of carbonyl (C=O) groups is 1. The summed E-state index contributed by atoms with van der Waals surface area (Å²) >= 11 is 0. The summed E-state index contributed by atoms with van der Waals surface area (Å²) in [4.78, 5) is 15.8. The molecule has 0 saturated carbocycles. The number of fused-ring (bicyclic) bond motifs is 1. The lowest BCUT2D eigenvalue weighted by molar-refractivity contribution is 0.0697. The first-order valence-corrected chi connectivity index (χ1v) is 10.9. The number of carboxylic acid groups (broad SMARTS) is 1. The predicted octanol–water partition coefficient (Wildman–Crippen LogP) is 5.61. The quantitative estimate of drug-likeness (QED) is 0.250. The van der Waals surface area contributed by atoms with Crippen molar-refractivity contribution in [3.63, 3.8) is 0 Å². The summed E-state index contributed by atoms with van der Waals surface area (Å²) in [5.41, 5.74) is 9.99. The Bertz CT molecular complexity index is 1530. The van der Waals surface area contributed by atoms with Gasteiger partial charge in [-0.1, -0.05) is 26.0 Å². The molecular formula is C27H24FN5O2. The molecule has 2 aromatic heterocycles. The van der Waals surface area contributed by atoms with Crippen molar-refractivity contribution in [3.05, 3.63) is 76.9 Å². The van der Waals surface area contributed by atoms with E-state index in [4.69, 9.17) is 11.1 Å². The third-order valence-electron chi connectivity index (χ3n) is 6.17. The number of halogens is 1. The highest BCUT2D eigenvalue weighted by Crippen LogP contribution is 2.45. The van der Waals surface area contributed by atoms with Crippen LogP contribution in [0.2, 0.25) is 0 Å². The Morgan fingerprint density at radius 3 is 2.54 bits per heavy atom. The Balaban J connectivity index is 2.21. The summed E-state index contributed by atoms with van der Waals surface area (Å²) in [6.45, 7) is 5.53. The number of nitrogens with one attached hydrogen (secondary N) is 1. The van der Waals surface area contributed by atoms with E-state index in [1.807, 2.05) is 18.4 Å². The largest absolute Gasteiger partial charge is 0.478 e. The second-order valence-electron chi connectivity index (χ2n) is 9.09. The van der Waals surface area contributed by atoms with Crippen LogP contribution in [-0.4, -0.2) is 26.8 Å². The summed E-state index contributed by atoms with van der Waals surface area (Å²) in [6.07, 6.45) is 2.50. The molecule has 0 fully saturated rings. The SMILES string of the molecule is Cc1cc(-n2c(C(C)(C)CC#N)c(-c3ccc(C(=O)O)cc3)c3cc(N)c(C=N)cc32)ncc1F. The van der Waals surface area contributed by atoms with Gasteiger partial charge in [0.25, 0.3) is 0 Å². The lowest BCUT2D eigenvalue weighted by Gasteiger charge is -2.26. The van der Waals surface area contributed by atoms with Gasteiger partial charge in [0.1, 0.15) is 11.6 Å². The highest BCUT2D eigenvalue weighted by molar-refractivity contribution is 6.05. The van der Waals surface area contributed by atoms with Gasteiger partial charge in [-0.15, -0.1) is 0 Å². The van der Waals surface area contributed by atoms with E-state index < -0.39 is 17.2 Å². The van der Waals surface area contributed by atoms with Crippen molar-refractivity contribution in [2.24, 2.45) is 0 Å². The number of aromatic carboxylic acids is 1. The molecule has 4 aromatic rings. The fraction of sp³-hybridized carbons (Fsp3) is 0.185. The van der Waals surface area contributed by atoms with Crippen LogP contribution in [0.3, 0.4) is 0 Å². The minimum atomic E-state index is -1.03. The van der Waals surface area contributed by atoms with Crippen molar-refractivity contribution in [2.45, 2.75) is 32.6 Å². The van der Waals surface area contributed by atoms with Crippen molar-refractivity contribution >= 4 is 28.8 Å². The molecule has 7 nitrogen and oxygen atoms in total. The van der Waals surface area contributed by atoms with Crippen molar-refractivity contribution < 1.29 is 14.3 Å². The van der Waals surface area contributed by atoms with Gasteiger partial charge < -0.3 is 16.2 Å². The van der Waals surface area contributed by atoms with Gasteiger partial charge in [0.05, 0.1) is 23.3 Å². The number of benzene rings is 2. The molecule has 2 aromatic carbocycles. The lowest BCUT2D eigenvalue weighted by Crippen LogP contribution is -2.22. The van der Waals surface area contributed by atoms with Crippen molar-refractivity contribution in [1.29, 1.82) is 10.7 Å². The third kappa shape index (κ3) is 4.02. The number of aryl methyl sites for hydroxylation is 1. The van der Waals surface area contributed by atoms with E-state index in [2.05, 4.69) is 11.1 Å². The molecule has 35 heavy (non-hydrogen) atoms. The number of hydrogen-bond donors (Lipinski definition) is 3. The molecule has 0 aliphatic rings. The molecular weight excluding hydrogens is 445 g/mol. The van der Waals surface area contributed by atoms with Crippen LogP contribution in [0.1, 0.15) is 47.4 Å². The minimum Gasteiger partial charge on any atom is -0.478 e. The normalized spacial score (nSPS) is 11.4. The number of nitriles is 1. The summed E-state index contributed by atoms with van der Waals surface area (Å²) in [5.74, 6) is -1.00. The molecule has 0 atom stereocenters. The highest BCUT2D eigenvalue weighted by atomic mass is 19.1. The number of aromatic nitrogens is 2. The van der Waals surface area contributed by atoms with Crippen LogP contribution in [0.4, 0.5) is 10.1 Å². The van der Waals surface area contributed by atoms with E-state index in [1.165, 1.54) is 12.1 Å². The van der Waals surface area contributed by atoms with Crippen molar-refractivity contribution in [1.82, 2.24) is 9.55 Å². The molecule has 0 amide bonds. The second-order valence-corrected chi connectivity index (χ2v) is 9.09. The van der Waals surface area contributed by atoms with E-state index in [-0.39, 0.29) is 12.0 Å². The lowest BCUT2D eigenvalue weighted by atomic mass is 9.81. The van der Waals surface area contributed by atoms with E-state index >= 15 is 0 Å².